The number of hydrogen-bond donors (Lipinski definition) is 2. The molecule has 1 heterocycles. The first-order valence-corrected chi connectivity index (χ1v) is 10.0. The Hall–Kier alpha value is -2.80. The van der Waals surface area contributed by atoms with Crippen LogP contribution in [-0.4, -0.2) is 44.9 Å². The number of nitrogens with one attached hydrogen (secondary N) is 2. The summed E-state index contributed by atoms with van der Waals surface area (Å²) in [6, 6.07) is 11.2. The van der Waals surface area contributed by atoms with Crippen LogP contribution in [0, 0.1) is 0 Å². The molecule has 0 spiro atoms. The van der Waals surface area contributed by atoms with Gasteiger partial charge in [0.05, 0.1) is 7.11 Å². The van der Waals surface area contributed by atoms with Crippen molar-refractivity contribution in [3.8, 4) is 17.4 Å². The Morgan fingerprint density at radius 3 is 2.41 bits per heavy atom. The van der Waals surface area contributed by atoms with Crippen LogP contribution in [0.2, 0.25) is 0 Å². The Morgan fingerprint density at radius 2 is 1.76 bits per heavy atom. The number of unbranched alkanes of at least 4 members (excludes halogenated alkanes) is 1. The molecular weight excluding hydrogens is 368 g/mol. The lowest BCUT2D eigenvalue weighted by atomic mass is 10.3. The third kappa shape index (κ3) is 8.83. The maximum Gasteiger partial charge on any atom is 0.219 e. The molecule has 0 radical (unpaired) electrons. The van der Waals surface area contributed by atoms with Gasteiger partial charge in [0.2, 0.25) is 5.88 Å². The number of aliphatic imine (C=N–C) groups is 1. The van der Waals surface area contributed by atoms with Crippen molar-refractivity contribution in [1.82, 2.24) is 15.6 Å². The van der Waals surface area contributed by atoms with Crippen LogP contribution in [-0.2, 0) is 11.3 Å². The smallest absolute Gasteiger partial charge is 0.219 e. The molecule has 2 N–H and O–H groups in total. The topological polar surface area (TPSA) is 77.0 Å². The number of methoxy groups -OCH3 is 1. The number of guanidine groups is 1. The van der Waals surface area contributed by atoms with E-state index >= 15 is 0 Å². The van der Waals surface area contributed by atoms with E-state index in [1.807, 2.05) is 36.4 Å². The zero-order chi connectivity index (χ0) is 20.7. The van der Waals surface area contributed by atoms with Gasteiger partial charge in [-0.1, -0.05) is 19.4 Å². The van der Waals surface area contributed by atoms with Crippen LogP contribution in [0.4, 0.5) is 0 Å². The molecular formula is C22H32N4O3. The summed E-state index contributed by atoms with van der Waals surface area (Å²) in [6.45, 7) is 5.22. The van der Waals surface area contributed by atoms with Gasteiger partial charge in [-0.2, -0.15) is 0 Å². The van der Waals surface area contributed by atoms with Gasteiger partial charge in [0, 0.05) is 45.6 Å². The summed E-state index contributed by atoms with van der Waals surface area (Å²) in [5.41, 5.74) is 1.04. The first-order valence-electron chi connectivity index (χ1n) is 10.0. The molecule has 0 unspecified atom stereocenters. The molecule has 7 nitrogen and oxygen atoms in total. The van der Waals surface area contributed by atoms with Gasteiger partial charge in [-0.05, 0) is 42.7 Å². The summed E-state index contributed by atoms with van der Waals surface area (Å²) in [5, 5.41) is 6.57. The van der Waals surface area contributed by atoms with Gasteiger partial charge in [-0.15, -0.1) is 0 Å². The van der Waals surface area contributed by atoms with E-state index in [1.54, 1.807) is 20.4 Å². The molecule has 0 bridgehead atoms. The average Bonchev–Trinajstić information content (AvgIpc) is 2.76. The molecule has 0 saturated carbocycles. The number of hydrogen-bond acceptors (Lipinski definition) is 5. The quantitative estimate of drug-likeness (QED) is 0.321. The first kappa shape index (κ1) is 22.5. The van der Waals surface area contributed by atoms with E-state index in [0.717, 1.165) is 56.3 Å². The van der Waals surface area contributed by atoms with Gasteiger partial charge in [-0.3, -0.25) is 4.99 Å². The molecule has 29 heavy (non-hydrogen) atoms. The summed E-state index contributed by atoms with van der Waals surface area (Å²) in [7, 11) is 3.40. The lowest BCUT2D eigenvalue weighted by Crippen LogP contribution is -2.37. The minimum atomic E-state index is 0.546. The molecule has 7 heteroatoms. The van der Waals surface area contributed by atoms with Crippen molar-refractivity contribution >= 4 is 5.96 Å². The Morgan fingerprint density at radius 1 is 1.00 bits per heavy atom. The summed E-state index contributed by atoms with van der Waals surface area (Å²) >= 11 is 0. The van der Waals surface area contributed by atoms with E-state index in [1.165, 1.54) is 0 Å². The highest BCUT2D eigenvalue weighted by atomic mass is 16.5. The lowest BCUT2D eigenvalue weighted by Gasteiger charge is -2.12. The normalized spacial score (nSPS) is 11.2. The summed E-state index contributed by atoms with van der Waals surface area (Å²) in [5.74, 6) is 2.81. The fourth-order valence-electron chi connectivity index (χ4n) is 2.48. The van der Waals surface area contributed by atoms with Crippen LogP contribution in [0.15, 0.2) is 47.6 Å². The Kier molecular flexibility index (Phi) is 10.4. The van der Waals surface area contributed by atoms with E-state index in [4.69, 9.17) is 14.2 Å². The minimum Gasteiger partial charge on any atom is -0.497 e. The highest BCUT2D eigenvalue weighted by Crippen LogP contribution is 2.22. The zero-order valence-corrected chi connectivity index (χ0v) is 17.6. The van der Waals surface area contributed by atoms with Gasteiger partial charge < -0.3 is 24.8 Å². The molecule has 0 fully saturated rings. The SMILES string of the molecule is CCCCOCCCNC(=NC)NCc1ccc(Oc2ccc(OC)cc2)nc1. The van der Waals surface area contributed by atoms with Crippen molar-refractivity contribution in [2.24, 2.45) is 4.99 Å². The van der Waals surface area contributed by atoms with Crippen LogP contribution >= 0.6 is 0 Å². The van der Waals surface area contributed by atoms with E-state index in [0.29, 0.717) is 18.2 Å². The molecule has 0 aliphatic carbocycles. The van der Waals surface area contributed by atoms with Crippen molar-refractivity contribution in [3.05, 3.63) is 48.2 Å². The van der Waals surface area contributed by atoms with E-state index in [-0.39, 0.29) is 0 Å². The summed E-state index contributed by atoms with van der Waals surface area (Å²) < 4.78 is 16.4. The number of rotatable bonds is 12. The predicted molar refractivity (Wildman–Crippen MR) is 116 cm³/mol. The number of benzene rings is 1. The third-order valence-corrected chi connectivity index (χ3v) is 4.16. The average molecular weight is 401 g/mol. The van der Waals surface area contributed by atoms with Gasteiger partial charge in [0.25, 0.3) is 0 Å². The van der Waals surface area contributed by atoms with Crippen molar-refractivity contribution in [2.75, 3.05) is 33.9 Å². The molecule has 1 aromatic heterocycles. The molecule has 0 amide bonds. The molecule has 158 valence electrons. The first-order chi connectivity index (χ1) is 14.2. The zero-order valence-electron chi connectivity index (χ0n) is 17.6. The Bertz CT molecular complexity index is 718. The van der Waals surface area contributed by atoms with Gasteiger partial charge >= 0.3 is 0 Å². The highest BCUT2D eigenvalue weighted by molar-refractivity contribution is 5.79. The Labute approximate surface area is 173 Å². The van der Waals surface area contributed by atoms with Crippen LogP contribution in [0.5, 0.6) is 17.4 Å². The summed E-state index contributed by atoms with van der Waals surface area (Å²) in [6.07, 6.45) is 5.02. The molecule has 0 saturated heterocycles. The predicted octanol–water partition coefficient (Wildman–Crippen LogP) is 3.75. The number of ether oxygens (including phenoxy) is 3. The molecule has 1 aromatic carbocycles. The van der Waals surface area contributed by atoms with Crippen LogP contribution < -0.4 is 20.1 Å². The van der Waals surface area contributed by atoms with E-state index in [9.17, 15) is 0 Å². The van der Waals surface area contributed by atoms with E-state index < -0.39 is 0 Å². The molecule has 0 aliphatic rings. The standard InChI is InChI=1S/C22H32N4O3/c1-4-5-14-28-15-6-13-24-22(23-2)26-17-18-7-12-21(25-16-18)29-20-10-8-19(27-3)9-11-20/h7-12,16H,4-6,13-15,17H2,1-3H3,(H2,23,24,26). The lowest BCUT2D eigenvalue weighted by molar-refractivity contribution is 0.129. The molecule has 0 aliphatic heterocycles. The van der Waals surface area contributed by atoms with Gasteiger partial charge in [0.15, 0.2) is 5.96 Å². The van der Waals surface area contributed by atoms with Crippen LogP contribution in [0.3, 0.4) is 0 Å². The Balaban J connectivity index is 1.69. The van der Waals surface area contributed by atoms with Crippen LogP contribution in [0.1, 0.15) is 31.7 Å². The largest absolute Gasteiger partial charge is 0.497 e. The number of nitrogens with zero attached hydrogens (tertiary/aromatic N) is 2. The molecule has 2 rings (SSSR count). The second kappa shape index (κ2) is 13.4. The van der Waals surface area contributed by atoms with Crippen LogP contribution in [0.25, 0.3) is 0 Å². The summed E-state index contributed by atoms with van der Waals surface area (Å²) in [4.78, 5) is 8.60. The van der Waals surface area contributed by atoms with Gasteiger partial charge in [-0.25, -0.2) is 4.98 Å². The maximum atomic E-state index is 5.75. The molecule has 0 atom stereocenters. The number of aromatic nitrogens is 1. The van der Waals surface area contributed by atoms with Crippen molar-refractivity contribution in [1.29, 1.82) is 0 Å². The fraction of sp³-hybridized carbons (Fsp3) is 0.455. The second-order valence-corrected chi connectivity index (χ2v) is 6.45. The number of pyridine rings is 1. The van der Waals surface area contributed by atoms with Gasteiger partial charge in [0.1, 0.15) is 11.5 Å². The second-order valence-electron chi connectivity index (χ2n) is 6.45. The van der Waals surface area contributed by atoms with E-state index in [2.05, 4.69) is 27.5 Å². The maximum absolute atomic E-state index is 5.75. The monoisotopic (exact) mass is 400 g/mol. The van der Waals surface area contributed by atoms with Crippen molar-refractivity contribution in [3.63, 3.8) is 0 Å². The highest BCUT2D eigenvalue weighted by Gasteiger charge is 2.02. The fourth-order valence-corrected chi connectivity index (χ4v) is 2.48. The minimum absolute atomic E-state index is 0.546. The third-order valence-electron chi connectivity index (χ3n) is 4.16. The molecule has 2 aromatic rings. The van der Waals surface area contributed by atoms with Crippen molar-refractivity contribution in [2.45, 2.75) is 32.7 Å². The van der Waals surface area contributed by atoms with Crippen molar-refractivity contribution < 1.29 is 14.2 Å².